The van der Waals surface area contributed by atoms with Crippen LogP contribution in [0.25, 0.3) is 0 Å². The van der Waals surface area contributed by atoms with Gasteiger partial charge in [-0.1, -0.05) is 36.6 Å². The Morgan fingerprint density at radius 3 is 2.62 bits per heavy atom. The van der Waals surface area contributed by atoms with Crippen LogP contribution in [0.1, 0.15) is 31.2 Å². The molecule has 0 atom stereocenters. The first kappa shape index (κ1) is 13.8. The molecule has 1 aromatic rings. The van der Waals surface area contributed by atoms with E-state index < -0.39 is 0 Å². The van der Waals surface area contributed by atoms with Crippen LogP contribution >= 0.6 is 23.2 Å². The average molecular weight is 260 g/mol. The molecule has 0 aliphatic heterocycles. The monoisotopic (exact) mass is 259 g/mol. The molecule has 3 heteroatoms. The lowest BCUT2D eigenvalue weighted by molar-refractivity contribution is 0.599. The summed E-state index contributed by atoms with van der Waals surface area (Å²) in [5.74, 6) is 0.788. The predicted molar refractivity (Wildman–Crippen MR) is 72.3 cm³/mol. The van der Waals surface area contributed by atoms with Crippen molar-refractivity contribution < 1.29 is 0 Å². The van der Waals surface area contributed by atoms with Gasteiger partial charge in [-0.2, -0.15) is 0 Å². The molecule has 0 aromatic heterocycles. The maximum atomic E-state index is 5.90. The number of alkyl halides is 1. The first-order chi connectivity index (χ1) is 7.83. The summed E-state index contributed by atoms with van der Waals surface area (Å²) in [6.45, 7) is 1.96. The lowest BCUT2D eigenvalue weighted by atomic mass is 10.2. The van der Waals surface area contributed by atoms with E-state index in [1.165, 1.54) is 24.8 Å². The van der Waals surface area contributed by atoms with E-state index in [1.54, 1.807) is 0 Å². The first-order valence-corrected chi connectivity index (χ1v) is 6.75. The quantitative estimate of drug-likeness (QED) is 0.545. The van der Waals surface area contributed by atoms with E-state index in [1.807, 2.05) is 18.2 Å². The molecule has 0 heterocycles. The Kier molecular flexibility index (Phi) is 7.65. The third-order valence-electron chi connectivity index (χ3n) is 2.46. The minimum absolute atomic E-state index is 0.788. The molecule has 16 heavy (non-hydrogen) atoms. The highest BCUT2D eigenvalue weighted by atomic mass is 35.5. The summed E-state index contributed by atoms with van der Waals surface area (Å²) in [5, 5.41) is 4.22. The van der Waals surface area contributed by atoms with Crippen molar-refractivity contribution in [1.82, 2.24) is 5.32 Å². The van der Waals surface area contributed by atoms with Crippen molar-refractivity contribution in [2.75, 3.05) is 12.4 Å². The Morgan fingerprint density at radius 2 is 1.88 bits per heavy atom. The van der Waals surface area contributed by atoms with E-state index in [2.05, 4.69) is 11.4 Å². The molecule has 0 unspecified atom stereocenters. The van der Waals surface area contributed by atoms with Gasteiger partial charge in [-0.15, -0.1) is 11.6 Å². The van der Waals surface area contributed by atoms with E-state index in [-0.39, 0.29) is 0 Å². The van der Waals surface area contributed by atoms with Gasteiger partial charge in [0.15, 0.2) is 0 Å². The first-order valence-electron chi connectivity index (χ1n) is 5.84. The van der Waals surface area contributed by atoms with Gasteiger partial charge < -0.3 is 5.32 Å². The van der Waals surface area contributed by atoms with Crippen LogP contribution in [-0.2, 0) is 6.54 Å². The number of benzene rings is 1. The maximum absolute atomic E-state index is 5.90. The van der Waals surface area contributed by atoms with Crippen molar-refractivity contribution in [2.45, 2.75) is 32.2 Å². The summed E-state index contributed by atoms with van der Waals surface area (Å²) in [7, 11) is 0. The Balaban J connectivity index is 2.03. The lowest BCUT2D eigenvalue weighted by Gasteiger charge is -2.05. The molecular formula is C13H19Cl2N. The third kappa shape index (κ3) is 6.37. The molecule has 0 aliphatic rings. The zero-order chi connectivity index (χ0) is 11.6. The summed E-state index contributed by atoms with van der Waals surface area (Å²) < 4.78 is 0. The molecule has 0 aliphatic carbocycles. The van der Waals surface area contributed by atoms with Crippen molar-refractivity contribution in [3.8, 4) is 0 Å². The normalized spacial score (nSPS) is 10.6. The van der Waals surface area contributed by atoms with Gasteiger partial charge in [-0.25, -0.2) is 0 Å². The Labute approximate surface area is 108 Å². The minimum Gasteiger partial charge on any atom is -0.313 e. The van der Waals surface area contributed by atoms with Crippen LogP contribution in [0.2, 0.25) is 5.02 Å². The Bertz CT molecular complexity index is 289. The summed E-state index contributed by atoms with van der Waals surface area (Å²) in [5.41, 5.74) is 1.24. The standard InChI is InChI=1S/C13H19Cl2N/c14-8-3-1-2-4-9-16-11-12-6-5-7-13(15)10-12/h5-7,10,16H,1-4,8-9,11H2. The van der Waals surface area contributed by atoms with Gasteiger partial charge >= 0.3 is 0 Å². The van der Waals surface area contributed by atoms with Gasteiger partial charge in [0.1, 0.15) is 0 Å². The van der Waals surface area contributed by atoms with Gasteiger partial charge in [-0.3, -0.25) is 0 Å². The predicted octanol–water partition coefficient (Wildman–Crippen LogP) is 4.23. The van der Waals surface area contributed by atoms with Crippen LogP contribution in [0.3, 0.4) is 0 Å². The lowest BCUT2D eigenvalue weighted by Crippen LogP contribution is -2.14. The average Bonchev–Trinajstić information content (AvgIpc) is 2.28. The van der Waals surface area contributed by atoms with Crippen molar-refractivity contribution in [1.29, 1.82) is 0 Å². The summed E-state index contributed by atoms with van der Waals surface area (Å²) >= 11 is 11.5. The fourth-order valence-electron chi connectivity index (χ4n) is 1.58. The molecule has 1 rings (SSSR count). The molecule has 0 spiro atoms. The van der Waals surface area contributed by atoms with E-state index >= 15 is 0 Å². The summed E-state index contributed by atoms with van der Waals surface area (Å²) in [6.07, 6.45) is 4.85. The molecule has 0 saturated carbocycles. The molecule has 1 nitrogen and oxygen atoms in total. The topological polar surface area (TPSA) is 12.0 Å². The highest BCUT2D eigenvalue weighted by Crippen LogP contribution is 2.10. The van der Waals surface area contributed by atoms with Gasteiger partial charge in [0, 0.05) is 17.4 Å². The summed E-state index contributed by atoms with van der Waals surface area (Å²) in [4.78, 5) is 0. The number of hydrogen-bond acceptors (Lipinski definition) is 1. The number of nitrogens with one attached hydrogen (secondary N) is 1. The van der Waals surface area contributed by atoms with Crippen molar-refractivity contribution in [3.63, 3.8) is 0 Å². The van der Waals surface area contributed by atoms with Gasteiger partial charge in [0.05, 0.1) is 0 Å². The fraction of sp³-hybridized carbons (Fsp3) is 0.538. The van der Waals surface area contributed by atoms with Crippen LogP contribution in [0.15, 0.2) is 24.3 Å². The second-order valence-electron chi connectivity index (χ2n) is 3.91. The number of hydrogen-bond donors (Lipinski definition) is 1. The molecular weight excluding hydrogens is 241 g/mol. The van der Waals surface area contributed by atoms with E-state index in [9.17, 15) is 0 Å². The smallest absolute Gasteiger partial charge is 0.0409 e. The van der Waals surface area contributed by atoms with Crippen LogP contribution in [0, 0.1) is 0 Å². The largest absolute Gasteiger partial charge is 0.313 e. The van der Waals surface area contributed by atoms with Crippen LogP contribution in [0.4, 0.5) is 0 Å². The molecule has 90 valence electrons. The number of unbranched alkanes of at least 4 members (excludes halogenated alkanes) is 3. The SMILES string of the molecule is ClCCCCCCNCc1cccc(Cl)c1. The van der Waals surface area contributed by atoms with E-state index in [4.69, 9.17) is 23.2 Å². The van der Waals surface area contributed by atoms with Gasteiger partial charge in [0.25, 0.3) is 0 Å². The minimum atomic E-state index is 0.788. The molecule has 0 fully saturated rings. The molecule has 1 N–H and O–H groups in total. The van der Waals surface area contributed by atoms with Crippen LogP contribution in [-0.4, -0.2) is 12.4 Å². The zero-order valence-corrected chi connectivity index (χ0v) is 11.0. The van der Waals surface area contributed by atoms with Crippen molar-refractivity contribution in [2.24, 2.45) is 0 Å². The van der Waals surface area contributed by atoms with E-state index in [0.29, 0.717) is 0 Å². The van der Waals surface area contributed by atoms with Crippen LogP contribution < -0.4 is 5.32 Å². The molecule has 0 bridgehead atoms. The molecule has 0 radical (unpaired) electrons. The highest BCUT2D eigenvalue weighted by molar-refractivity contribution is 6.30. The molecule has 0 saturated heterocycles. The summed E-state index contributed by atoms with van der Waals surface area (Å²) in [6, 6.07) is 7.98. The van der Waals surface area contributed by atoms with Gasteiger partial charge in [-0.05, 0) is 37.1 Å². The number of rotatable bonds is 8. The highest BCUT2D eigenvalue weighted by Gasteiger charge is 1.94. The maximum Gasteiger partial charge on any atom is 0.0409 e. The molecule has 0 amide bonds. The second-order valence-corrected chi connectivity index (χ2v) is 4.72. The van der Waals surface area contributed by atoms with Crippen LogP contribution in [0.5, 0.6) is 0 Å². The number of halogens is 2. The third-order valence-corrected chi connectivity index (χ3v) is 2.96. The zero-order valence-electron chi connectivity index (χ0n) is 9.52. The second kappa shape index (κ2) is 8.86. The van der Waals surface area contributed by atoms with Crippen molar-refractivity contribution in [3.05, 3.63) is 34.9 Å². The Hall–Kier alpha value is -0.240. The van der Waals surface area contributed by atoms with Crippen molar-refractivity contribution >= 4 is 23.2 Å². The fourth-order valence-corrected chi connectivity index (χ4v) is 1.98. The van der Waals surface area contributed by atoms with Gasteiger partial charge in [0.2, 0.25) is 0 Å². The van der Waals surface area contributed by atoms with E-state index in [0.717, 1.165) is 30.4 Å². The molecule has 1 aromatic carbocycles. The Morgan fingerprint density at radius 1 is 1.06 bits per heavy atom.